The van der Waals surface area contributed by atoms with E-state index in [1.54, 1.807) is 4.90 Å². The van der Waals surface area contributed by atoms with Gasteiger partial charge in [-0.3, -0.25) is 14.9 Å². The van der Waals surface area contributed by atoms with Crippen molar-refractivity contribution in [1.29, 1.82) is 0 Å². The lowest BCUT2D eigenvalue weighted by Gasteiger charge is -2.29. The maximum Gasteiger partial charge on any atom is 0.271 e. The van der Waals surface area contributed by atoms with Gasteiger partial charge in [0.05, 0.1) is 10.6 Å². The van der Waals surface area contributed by atoms with Gasteiger partial charge in [-0.25, -0.2) is 0 Å². The van der Waals surface area contributed by atoms with E-state index in [1.165, 1.54) is 18.2 Å². The topological polar surface area (TPSA) is 72.7 Å². The van der Waals surface area contributed by atoms with Crippen LogP contribution in [0.25, 0.3) is 0 Å². The summed E-state index contributed by atoms with van der Waals surface area (Å²) < 4.78 is 5.28. The van der Waals surface area contributed by atoms with Crippen molar-refractivity contribution in [2.45, 2.75) is 12.8 Å². The first kappa shape index (κ1) is 13.8. The summed E-state index contributed by atoms with van der Waals surface area (Å²) in [6.07, 6.45) is 1.77. The Labute approximate surface area is 118 Å². The summed E-state index contributed by atoms with van der Waals surface area (Å²) in [4.78, 5) is 23.7. The summed E-state index contributed by atoms with van der Waals surface area (Å²) >= 11 is 3.33. The Morgan fingerprint density at radius 2 is 2.21 bits per heavy atom. The zero-order valence-electron chi connectivity index (χ0n) is 10.2. The SMILES string of the molecule is O=C1COc2ccc([N+](=O)[O-])cc2N1CCCCBr. The monoisotopic (exact) mass is 328 g/mol. The first-order chi connectivity index (χ1) is 9.13. The average Bonchev–Trinajstić information content (AvgIpc) is 2.40. The van der Waals surface area contributed by atoms with Crippen LogP contribution in [0.2, 0.25) is 0 Å². The molecule has 6 nitrogen and oxygen atoms in total. The van der Waals surface area contributed by atoms with Crippen LogP contribution in [0.15, 0.2) is 18.2 Å². The zero-order valence-corrected chi connectivity index (χ0v) is 11.8. The molecule has 102 valence electrons. The van der Waals surface area contributed by atoms with Crippen LogP contribution in [-0.4, -0.2) is 29.3 Å². The molecule has 0 atom stereocenters. The quantitative estimate of drug-likeness (QED) is 0.360. The molecule has 1 aromatic rings. The van der Waals surface area contributed by atoms with Gasteiger partial charge < -0.3 is 9.64 Å². The van der Waals surface area contributed by atoms with Gasteiger partial charge in [-0.05, 0) is 18.9 Å². The van der Waals surface area contributed by atoms with Crippen LogP contribution >= 0.6 is 15.9 Å². The highest BCUT2D eigenvalue weighted by Gasteiger charge is 2.26. The minimum absolute atomic E-state index is 0.0148. The summed E-state index contributed by atoms with van der Waals surface area (Å²) in [6.45, 7) is 0.529. The molecule has 1 heterocycles. The van der Waals surface area contributed by atoms with Crippen molar-refractivity contribution in [2.75, 3.05) is 23.4 Å². The number of carbonyl (C=O) groups is 1. The van der Waals surface area contributed by atoms with Gasteiger partial charge in [-0.2, -0.15) is 0 Å². The third-order valence-corrected chi connectivity index (χ3v) is 3.42. The number of rotatable bonds is 5. The lowest BCUT2D eigenvalue weighted by atomic mass is 10.2. The van der Waals surface area contributed by atoms with E-state index >= 15 is 0 Å². The second-order valence-electron chi connectivity index (χ2n) is 4.14. The number of nitro benzene ring substituents is 1. The lowest BCUT2D eigenvalue weighted by Crippen LogP contribution is -2.39. The molecule has 1 aromatic carbocycles. The van der Waals surface area contributed by atoms with Gasteiger partial charge in [-0.15, -0.1) is 0 Å². The number of nitrogens with zero attached hydrogens (tertiary/aromatic N) is 2. The first-order valence-corrected chi connectivity index (χ1v) is 7.03. The summed E-state index contributed by atoms with van der Waals surface area (Å²) in [5.41, 5.74) is 0.447. The Kier molecular flexibility index (Phi) is 4.36. The van der Waals surface area contributed by atoms with Crippen molar-refractivity contribution in [3.05, 3.63) is 28.3 Å². The third kappa shape index (κ3) is 3.04. The molecule has 19 heavy (non-hydrogen) atoms. The van der Waals surface area contributed by atoms with Crippen LogP contribution in [0.5, 0.6) is 5.75 Å². The molecule has 0 unspecified atom stereocenters. The number of nitro groups is 1. The third-order valence-electron chi connectivity index (χ3n) is 2.86. The van der Waals surface area contributed by atoms with Crippen LogP contribution in [0.4, 0.5) is 11.4 Å². The van der Waals surface area contributed by atoms with Crippen molar-refractivity contribution in [3.63, 3.8) is 0 Å². The molecule has 0 saturated carbocycles. The largest absolute Gasteiger partial charge is 0.482 e. The molecule has 0 saturated heterocycles. The number of benzene rings is 1. The molecule has 1 aliphatic rings. The smallest absolute Gasteiger partial charge is 0.271 e. The molecular weight excluding hydrogens is 316 g/mol. The van der Waals surface area contributed by atoms with E-state index in [1.807, 2.05) is 0 Å². The first-order valence-electron chi connectivity index (χ1n) is 5.91. The van der Waals surface area contributed by atoms with Crippen LogP contribution in [0, 0.1) is 10.1 Å². The summed E-state index contributed by atoms with van der Waals surface area (Å²) in [5.74, 6) is 0.353. The van der Waals surface area contributed by atoms with Crippen LogP contribution in [0.3, 0.4) is 0 Å². The molecule has 0 aliphatic carbocycles. The van der Waals surface area contributed by atoms with Gasteiger partial charge in [0, 0.05) is 24.0 Å². The maximum absolute atomic E-state index is 11.9. The van der Waals surface area contributed by atoms with Crippen molar-refractivity contribution in [2.24, 2.45) is 0 Å². The van der Waals surface area contributed by atoms with E-state index in [0.717, 1.165) is 18.2 Å². The molecular formula is C12H13BrN2O4. The fraction of sp³-hybridized carbons (Fsp3) is 0.417. The van der Waals surface area contributed by atoms with Crippen LogP contribution < -0.4 is 9.64 Å². The minimum Gasteiger partial charge on any atom is -0.482 e. The second-order valence-corrected chi connectivity index (χ2v) is 4.93. The number of non-ortho nitro benzene ring substituents is 1. The molecule has 2 rings (SSSR count). The van der Waals surface area contributed by atoms with Crippen LogP contribution in [-0.2, 0) is 4.79 Å². The van der Waals surface area contributed by atoms with E-state index in [9.17, 15) is 14.9 Å². The minimum atomic E-state index is -0.476. The fourth-order valence-corrected chi connectivity index (χ4v) is 2.31. The number of hydrogen-bond donors (Lipinski definition) is 0. The second kappa shape index (κ2) is 6.01. The molecule has 0 N–H and O–H groups in total. The molecule has 1 amide bonds. The van der Waals surface area contributed by atoms with E-state index in [-0.39, 0.29) is 18.2 Å². The summed E-state index contributed by atoms with van der Waals surface area (Å²) in [6, 6.07) is 4.31. The van der Waals surface area contributed by atoms with Gasteiger partial charge in [0.15, 0.2) is 6.61 Å². The predicted octanol–water partition coefficient (Wildman–Crippen LogP) is 2.50. The number of unbranched alkanes of at least 4 members (excludes halogenated alkanes) is 1. The van der Waals surface area contributed by atoms with Crippen molar-refractivity contribution in [3.8, 4) is 5.75 Å². The Balaban J connectivity index is 2.27. The number of amides is 1. The Morgan fingerprint density at radius 1 is 1.42 bits per heavy atom. The highest BCUT2D eigenvalue weighted by Crippen LogP contribution is 2.35. The Hall–Kier alpha value is -1.63. The van der Waals surface area contributed by atoms with Crippen molar-refractivity contribution >= 4 is 33.2 Å². The van der Waals surface area contributed by atoms with E-state index in [2.05, 4.69) is 15.9 Å². The summed E-state index contributed by atoms with van der Waals surface area (Å²) in [5, 5.41) is 11.7. The number of ether oxygens (including phenoxy) is 1. The van der Waals surface area contributed by atoms with Gasteiger partial charge >= 0.3 is 0 Å². The molecule has 0 spiro atoms. The standard InChI is InChI=1S/C12H13BrN2O4/c13-5-1-2-6-14-10-7-9(15(17)18)3-4-11(10)19-8-12(14)16/h3-4,7H,1-2,5-6,8H2. The normalized spacial score (nSPS) is 13.9. The average molecular weight is 329 g/mol. The number of anilines is 1. The van der Waals surface area contributed by atoms with E-state index in [0.29, 0.717) is 18.0 Å². The molecule has 0 aromatic heterocycles. The molecule has 0 radical (unpaired) electrons. The number of fused-ring (bicyclic) bond motifs is 1. The highest BCUT2D eigenvalue weighted by atomic mass is 79.9. The lowest BCUT2D eigenvalue weighted by molar-refractivity contribution is -0.384. The molecule has 1 aliphatic heterocycles. The van der Waals surface area contributed by atoms with Crippen LogP contribution in [0.1, 0.15) is 12.8 Å². The van der Waals surface area contributed by atoms with Gasteiger partial charge in [-0.1, -0.05) is 15.9 Å². The molecule has 0 bridgehead atoms. The fourth-order valence-electron chi connectivity index (χ4n) is 1.91. The number of carbonyl (C=O) groups excluding carboxylic acids is 1. The molecule has 7 heteroatoms. The van der Waals surface area contributed by atoms with Crippen molar-refractivity contribution < 1.29 is 14.5 Å². The zero-order chi connectivity index (χ0) is 13.8. The molecule has 0 fully saturated rings. The Morgan fingerprint density at radius 3 is 2.89 bits per heavy atom. The van der Waals surface area contributed by atoms with E-state index in [4.69, 9.17) is 4.74 Å². The number of halogens is 1. The number of hydrogen-bond acceptors (Lipinski definition) is 4. The Bertz CT molecular complexity index is 507. The van der Waals surface area contributed by atoms with Gasteiger partial charge in [0.1, 0.15) is 5.75 Å². The van der Waals surface area contributed by atoms with Crippen molar-refractivity contribution in [1.82, 2.24) is 0 Å². The maximum atomic E-state index is 11.9. The summed E-state index contributed by atoms with van der Waals surface area (Å²) in [7, 11) is 0. The predicted molar refractivity (Wildman–Crippen MR) is 74.0 cm³/mol. The van der Waals surface area contributed by atoms with E-state index < -0.39 is 4.92 Å². The van der Waals surface area contributed by atoms with Gasteiger partial charge in [0.25, 0.3) is 11.6 Å². The number of alkyl halides is 1. The van der Waals surface area contributed by atoms with Gasteiger partial charge in [0.2, 0.25) is 0 Å². The highest BCUT2D eigenvalue weighted by molar-refractivity contribution is 9.09.